The highest BCUT2D eigenvalue weighted by Crippen LogP contribution is 2.16. The summed E-state index contributed by atoms with van der Waals surface area (Å²) in [7, 11) is 0. The van der Waals surface area contributed by atoms with Crippen molar-refractivity contribution in [3.63, 3.8) is 0 Å². The number of hydrogen-bond acceptors (Lipinski definition) is 3. The first-order chi connectivity index (χ1) is 8.65. The van der Waals surface area contributed by atoms with Gasteiger partial charge in [0.25, 0.3) is 0 Å². The van der Waals surface area contributed by atoms with Gasteiger partial charge in [-0.2, -0.15) is 0 Å². The average Bonchev–Trinajstić information content (AvgIpc) is 2.37. The zero-order valence-corrected chi connectivity index (χ0v) is 10.4. The predicted octanol–water partition coefficient (Wildman–Crippen LogP) is 2.93. The molecular weight excluding hydrogens is 224 g/mol. The van der Waals surface area contributed by atoms with Gasteiger partial charge in [-0.05, 0) is 42.3 Å². The lowest BCUT2D eigenvalue weighted by Crippen LogP contribution is -2.00. The van der Waals surface area contributed by atoms with Crippen molar-refractivity contribution in [2.24, 2.45) is 0 Å². The van der Waals surface area contributed by atoms with Crippen molar-refractivity contribution in [1.82, 2.24) is 0 Å². The third-order valence-corrected chi connectivity index (χ3v) is 2.84. The second-order valence-corrected chi connectivity index (χ2v) is 4.40. The van der Waals surface area contributed by atoms with Gasteiger partial charge in [-0.25, -0.2) is 0 Å². The molecule has 0 aromatic heterocycles. The van der Waals surface area contributed by atoms with Crippen LogP contribution in [-0.2, 0) is 6.54 Å². The number of nitrogens with one attached hydrogen (secondary N) is 1. The van der Waals surface area contributed by atoms with Gasteiger partial charge < -0.3 is 16.2 Å². The first-order valence-corrected chi connectivity index (χ1v) is 6.01. The maximum atomic E-state index is 9.42. The highest BCUT2D eigenvalue weighted by molar-refractivity contribution is 5.47. The number of benzene rings is 2. The largest absolute Gasteiger partial charge is 0.399 e. The van der Waals surface area contributed by atoms with Crippen LogP contribution in [0.5, 0.6) is 0 Å². The van der Waals surface area contributed by atoms with E-state index in [4.69, 9.17) is 5.73 Å². The molecule has 94 valence electrons. The van der Waals surface area contributed by atoms with Gasteiger partial charge in [0.2, 0.25) is 0 Å². The molecule has 0 aliphatic rings. The quantitative estimate of drug-likeness (QED) is 0.722. The zero-order valence-electron chi connectivity index (χ0n) is 10.4. The van der Waals surface area contributed by atoms with E-state index in [1.807, 2.05) is 48.5 Å². The molecule has 0 saturated carbocycles. The van der Waals surface area contributed by atoms with Crippen LogP contribution in [0.1, 0.15) is 24.2 Å². The SMILES string of the molecule is CC(O)c1ccc(NCc2cccc(N)c2)cc1. The van der Waals surface area contributed by atoms with E-state index < -0.39 is 6.10 Å². The summed E-state index contributed by atoms with van der Waals surface area (Å²) in [6.07, 6.45) is -0.423. The molecule has 2 aromatic carbocycles. The summed E-state index contributed by atoms with van der Waals surface area (Å²) in [4.78, 5) is 0. The van der Waals surface area contributed by atoms with Gasteiger partial charge in [0, 0.05) is 17.9 Å². The maximum absolute atomic E-state index is 9.42. The van der Waals surface area contributed by atoms with Gasteiger partial charge in [-0.3, -0.25) is 0 Å². The Morgan fingerprint density at radius 1 is 1.17 bits per heavy atom. The minimum atomic E-state index is -0.423. The average molecular weight is 242 g/mol. The van der Waals surface area contributed by atoms with Crippen LogP contribution in [0.15, 0.2) is 48.5 Å². The summed E-state index contributed by atoms with van der Waals surface area (Å²) in [5, 5.41) is 12.7. The van der Waals surface area contributed by atoms with Gasteiger partial charge in [0.1, 0.15) is 0 Å². The molecule has 0 bridgehead atoms. The zero-order chi connectivity index (χ0) is 13.0. The molecule has 2 aromatic rings. The molecule has 4 N–H and O–H groups in total. The number of aliphatic hydroxyl groups excluding tert-OH is 1. The topological polar surface area (TPSA) is 58.3 Å². The fraction of sp³-hybridized carbons (Fsp3) is 0.200. The van der Waals surface area contributed by atoms with E-state index in [2.05, 4.69) is 5.32 Å². The summed E-state index contributed by atoms with van der Waals surface area (Å²) in [6.45, 7) is 2.49. The molecule has 0 fully saturated rings. The molecule has 0 aliphatic heterocycles. The Kier molecular flexibility index (Phi) is 3.85. The van der Waals surface area contributed by atoms with Crippen molar-refractivity contribution < 1.29 is 5.11 Å². The third kappa shape index (κ3) is 3.25. The molecule has 2 rings (SSSR count). The highest BCUT2D eigenvalue weighted by Gasteiger charge is 2.00. The summed E-state index contributed by atoms with van der Waals surface area (Å²) in [6, 6.07) is 15.6. The van der Waals surface area contributed by atoms with Gasteiger partial charge in [0.05, 0.1) is 6.10 Å². The monoisotopic (exact) mass is 242 g/mol. The van der Waals surface area contributed by atoms with Crippen LogP contribution in [0.3, 0.4) is 0 Å². The number of aliphatic hydroxyl groups is 1. The van der Waals surface area contributed by atoms with Crippen LogP contribution < -0.4 is 11.1 Å². The predicted molar refractivity (Wildman–Crippen MR) is 75.3 cm³/mol. The highest BCUT2D eigenvalue weighted by atomic mass is 16.3. The Labute approximate surface area is 107 Å². The smallest absolute Gasteiger partial charge is 0.0761 e. The van der Waals surface area contributed by atoms with Crippen LogP contribution >= 0.6 is 0 Å². The number of nitrogens with two attached hydrogens (primary N) is 1. The fourth-order valence-corrected chi connectivity index (χ4v) is 1.79. The first-order valence-electron chi connectivity index (χ1n) is 6.01. The van der Waals surface area contributed by atoms with E-state index in [1.165, 1.54) is 0 Å². The van der Waals surface area contributed by atoms with Crippen molar-refractivity contribution in [1.29, 1.82) is 0 Å². The molecule has 0 radical (unpaired) electrons. The van der Waals surface area contributed by atoms with Crippen LogP contribution in [0.4, 0.5) is 11.4 Å². The van der Waals surface area contributed by atoms with E-state index in [0.717, 1.165) is 29.0 Å². The summed E-state index contributed by atoms with van der Waals surface area (Å²) in [5.41, 5.74) is 9.60. The van der Waals surface area contributed by atoms with Crippen LogP contribution in [0.25, 0.3) is 0 Å². The lowest BCUT2D eigenvalue weighted by atomic mass is 10.1. The molecule has 0 heterocycles. The number of hydrogen-bond donors (Lipinski definition) is 3. The van der Waals surface area contributed by atoms with E-state index >= 15 is 0 Å². The lowest BCUT2D eigenvalue weighted by molar-refractivity contribution is 0.199. The maximum Gasteiger partial charge on any atom is 0.0761 e. The van der Waals surface area contributed by atoms with Crippen LogP contribution in [0, 0.1) is 0 Å². The van der Waals surface area contributed by atoms with E-state index in [1.54, 1.807) is 6.92 Å². The molecule has 0 aliphatic carbocycles. The Morgan fingerprint density at radius 2 is 1.89 bits per heavy atom. The number of nitrogen functional groups attached to an aromatic ring is 1. The first kappa shape index (κ1) is 12.5. The Hall–Kier alpha value is -2.00. The van der Waals surface area contributed by atoms with E-state index in [0.29, 0.717) is 0 Å². The van der Waals surface area contributed by atoms with E-state index in [9.17, 15) is 5.11 Å². The molecule has 1 unspecified atom stereocenters. The molecule has 1 atom stereocenters. The van der Waals surface area contributed by atoms with Crippen molar-refractivity contribution in [2.45, 2.75) is 19.6 Å². The molecule has 0 spiro atoms. The summed E-state index contributed by atoms with van der Waals surface area (Å²) >= 11 is 0. The lowest BCUT2D eigenvalue weighted by Gasteiger charge is -2.09. The van der Waals surface area contributed by atoms with Gasteiger partial charge in [-0.1, -0.05) is 24.3 Å². The fourth-order valence-electron chi connectivity index (χ4n) is 1.79. The molecule has 3 nitrogen and oxygen atoms in total. The second kappa shape index (κ2) is 5.56. The molecule has 3 heteroatoms. The van der Waals surface area contributed by atoms with Crippen molar-refractivity contribution in [3.8, 4) is 0 Å². The molecule has 0 amide bonds. The minimum absolute atomic E-state index is 0.423. The van der Waals surface area contributed by atoms with E-state index in [-0.39, 0.29) is 0 Å². The molecule has 0 saturated heterocycles. The van der Waals surface area contributed by atoms with Gasteiger partial charge in [-0.15, -0.1) is 0 Å². The van der Waals surface area contributed by atoms with Crippen LogP contribution in [-0.4, -0.2) is 5.11 Å². The number of anilines is 2. The normalized spacial score (nSPS) is 12.1. The Balaban J connectivity index is 1.98. The number of rotatable bonds is 4. The van der Waals surface area contributed by atoms with Crippen LogP contribution in [0.2, 0.25) is 0 Å². The van der Waals surface area contributed by atoms with Gasteiger partial charge >= 0.3 is 0 Å². The molecule has 18 heavy (non-hydrogen) atoms. The Bertz CT molecular complexity index is 506. The third-order valence-electron chi connectivity index (χ3n) is 2.84. The second-order valence-electron chi connectivity index (χ2n) is 4.40. The summed E-state index contributed by atoms with van der Waals surface area (Å²) in [5.74, 6) is 0. The van der Waals surface area contributed by atoms with Crippen molar-refractivity contribution in [3.05, 3.63) is 59.7 Å². The standard InChI is InChI=1S/C15H18N2O/c1-11(18)13-5-7-15(8-6-13)17-10-12-3-2-4-14(16)9-12/h2-9,11,17-18H,10,16H2,1H3. The van der Waals surface area contributed by atoms with Crippen molar-refractivity contribution >= 4 is 11.4 Å². The Morgan fingerprint density at radius 3 is 2.50 bits per heavy atom. The summed E-state index contributed by atoms with van der Waals surface area (Å²) < 4.78 is 0. The molecular formula is C15H18N2O. The van der Waals surface area contributed by atoms with Crippen molar-refractivity contribution in [2.75, 3.05) is 11.1 Å². The minimum Gasteiger partial charge on any atom is -0.399 e. The van der Waals surface area contributed by atoms with Gasteiger partial charge in [0.15, 0.2) is 0 Å².